The van der Waals surface area contributed by atoms with Gasteiger partial charge < -0.3 is 10.5 Å². The van der Waals surface area contributed by atoms with Crippen molar-refractivity contribution in [1.29, 1.82) is 0 Å². The molecule has 2 rings (SSSR count). The summed E-state index contributed by atoms with van der Waals surface area (Å²) in [6, 6.07) is 0. The molecule has 0 aliphatic heterocycles. The molecule has 0 bridgehead atoms. The predicted octanol–water partition coefficient (Wildman–Crippen LogP) is 2.81. The van der Waals surface area contributed by atoms with Gasteiger partial charge in [-0.15, -0.1) is 0 Å². The maximum absolute atomic E-state index is 5.83. The summed E-state index contributed by atoms with van der Waals surface area (Å²) in [4.78, 5) is 4.40. The van der Waals surface area contributed by atoms with Gasteiger partial charge in [-0.3, -0.25) is 0 Å². The van der Waals surface area contributed by atoms with E-state index >= 15 is 0 Å². The van der Waals surface area contributed by atoms with E-state index in [1.165, 1.54) is 37.2 Å². The van der Waals surface area contributed by atoms with Crippen molar-refractivity contribution in [3.63, 3.8) is 0 Å². The maximum atomic E-state index is 5.83. The van der Waals surface area contributed by atoms with Crippen LogP contribution in [0.5, 0.6) is 5.19 Å². The molecule has 1 aliphatic carbocycles. The van der Waals surface area contributed by atoms with Crippen LogP contribution in [0.4, 0.5) is 0 Å². The summed E-state index contributed by atoms with van der Waals surface area (Å²) in [5.41, 5.74) is 5.83. The Morgan fingerprint density at radius 1 is 1.33 bits per heavy atom. The standard InChI is InChI=1S/C13H23N3OS/c1-9(2)12-15-13(18-16-12)17-8-11-6-4-3-5-10(11)7-14/h9-11H,3-8,14H2,1-2H3. The van der Waals surface area contributed by atoms with Gasteiger partial charge in [0.1, 0.15) is 5.82 Å². The Bertz CT molecular complexity index is 367. The summed E-state index contributed by atoms with van der Waals surface area (Å²) in [6.45, 7) is 5.71. The van der Waals surface area contributed by atoms with E-state index in [1.54, 1.807) is 0 Å². The van der Waals surface area contributed by atoms with Crippen molar-refractivity contribution < 1.29 is 4.74 Å². The molecule has 0 aromatic carbocycles. The van der Waals surface area contributed by atoms with Gasteiger partial charge in [-0.1, -0.05) is 26.7 Å². The normalized spacial score (nSPS) is 24.4. The van der Waals surface area contributed by atoms with Crippen LogP contribution in [0.1, 0.15) is 51.3 Å². The Morgan fingerprint density at radius 2 is 2.06 bits per heavy atom. The molecule has 0 saturated heterocycles. The van der Waals surface area contributed by atoms with Crippen molar-refractivity contribution in [2.24, 2.45) is 17.6 Å². The van der Waals surface area contributed by atoms with Crippen LogP contribution < -0.4 is 10.5 Å². The highest BCUT2D eigenvalue weighted by Crippen LogP contribution is 2.30. The summed E-state index contributed by atoms with van der Waals surface area (Å²) < 4.78 is 10.1. The van der Waals surface area contributed by atoms with Gasteiger partial charge in [-0.25, -0.2) is 0 Å². The molecule has 102 valence electrons. The van der Waals surface area contributed by atoms with E-state index in [2.05, 4.69) is 23.2 Å². The van der Waals surface area contributed by atoms with E-state index in [9.17, 15) is 0 Å². The highest BCUT2D eigenvalue weighted by Gasteiger charge is 2.24. The first-order valence-corrected chi connectivity index (χ1v) is 7.64. The largest absolute Gasteiger partial charge is 0.469 e. The van der Waals surface area contributed by atoms with Gasteiger partial charge in [0, 0.05) is 17.5 Å². The molecule has 1 heterocycles. The SMILES string of the molecule is CC(C)c1nsc(OCC2CCCCC2CN)n1. The highest BCUT2D eigenvalue weighted by atomic mass is 32.1. The molecule has 2 unspecified atom stereocenters. The fourth-order valence-electron chi connectivity index (χ4n) is 2.51. The molecule has 4 nitrogen and oxygen atoms in total. The third kappa shape index (κ3) is 3.42. The van der Waals surface area contributed by atoms with Crippen LogP contribution in [0.15, 0.2) is 0 Å². The number of nitrogens with two attached hydrogens (primary N) is 1. The zero-order valence-electron chi connectivity index (χ0n) is 11.3. The number of nitrogens with zero attached hydrogens (tertiary/aromatic N) is 2. The molecule has 1 aromatic rings. The minimum atomic E-state index is 0.366. The van der Waals surface area contributed by atoms with Gasteiger partial charge in [-0.2, -0.15) is 9.36 Å². The molecule has 0 radical (unpaired) electrons. The van der Waals surface area contributed by atoms with Gasteiger partial charge in [0.2, 0.25) is 0 Å². The Labute approximate surface area is 113 Å². The first kappa shape index (κ1) is 13.7. The Hall–Kier alpha value is -0.680. The minimum Gasteiger partial charge on any atom is -0.469 e. The first-order valence-electron chi connectivity index (χ1n) is 6.87. The van der Waals surface area contributed by atoms with Crippen molar-refractivity contribution in [3.8, 4) is 5.19 Å². The van der Waals surface area contributed by atoms with Gasteiger partial charge in [0.25, 0.3) is 5.19 Å². The van der Waals surface area contributed by atoms with Crippen molar-refractivity contribution in [2.75, 3.05) is 13.2 Å². The summed E-state index contributed by atoms with van der Waals surface area (Å²) in [6.07, 6.45) is 5.10. The molecule has 0 amide bonds. The van der Waals surface area contributed by atoms with Crippen LogP contribution in [-0.2, 0) is 0 Å². The molecule has 1 aromatic heterocycles. The Balaban J connectivity index is 1.85. The number of hydrogen-bond donors (Lipinski definition) is 1. The average molecular weight is 269 g/mol. The molecule has 18 heavy (non-hydrogen) atoms. The van der Waals surface area contributed by atoms with E-state index in [4.69, 9.17) is 10.5 Å². The molecule has 0 spiro atoms. The van der Waals surface area contributed by atoms with Gasteiger partial charge >= 0.3 is 0 Å². The summed E-state index contributed by atoms with van der Waals surface area (Å²) in [5.74, 6) is 2.46. The van der Waals surface area contributed by atoms with Gasteiger partial charge in [0.15, 0.2) is 0 Å². The first-order chi connectivity index (χ1) is 8.70. The maximum Gasteiger partial charge on any atom is 0.293 e. The topological polar surface area (TPSA) is 61.0 Å². The lowest BCUT2D eigenvalue weighted by Crippen LogP contribution is -2.30. The van der Waals surface area contributed by atoms with Crippen LogP contribution in [0.3, 0.4) is 0 Å². The average Bonchev–Trinajstić information content (AvgIpc) is 2.85. The lowest BCUT2D eigenvalue weighted by atomic mass is 9.80. The van der Waals surface area contributed by atoms with Crippen LogP contribution in [-0.4, -0.2) is 22.5 Å². The van der Waals surface area contributed by atoms with E-state index < -0.39 is 0 Å². The van der Waals surface area contributed by atoms with E-state index in [1.807, 2.05) is 0 Å². The summed E-state index contributed by atoms with van der Waals surface area (Å²) in [5, 5.41) is 0.708. The second kappa shape index (κ2) is 6.48. The molecule has 2 atom stereocenters. The number of rotatable bonds is 5. The number of aromatic nitrogens is 2. The monoisotopic (exact) mass is 269 g/mol. The molecule has 2 N–H and O–H groups in total. The second-order valence-electron chi connectivity index (χ2n) is 5.42. The highest BCUT2D eigenvalue weighted by molar-refractivity contribution is 7.07. The zero-order valence-corrected chi connectivity index (χ0v) is 12.1. The van der Waals surface area contributed by atoms with Crippen LogP contribution in [0.25, 0.3) is 0 Å². The zero-order chi connectivity index (χ0) is 13.0. The van der Waals surface area contributed by atoms with E-state index in [0.717, 1.165) is 19.0 Å². The van der Waals surface area contributed by atoms with Crippen LogP contribution >= 0.6 is 11.5 Å². The second-order valence-corrected chi connectivity index (χ2v) is 6.14. The number of hydrogen-bond acceptors (Lipinski definition) is 5. The predicted molar refractivity (Wildman–Crippen MR) is 74.0 cm³/mol. The smallest absolute Gasteiger partial charge is 0.293 e. The molecule has 1 aliphatic rings. The summed E-state index contributed by atoms with van der Waals surface area (Å²) >= 11 is 1.36. The van der Waals surface area contributed by atoms with Crippen molar-refractivity contribution in [2.45, 2.75) is 45.4 Å². The van der Waals surface area contributed by atoms with E-state index in [0.29, 0.717) is 22.9 Å². The van der Waals surface area contributed by atoms with Crippen molar-refractivity contribution in [1.82, 2.24) is 9.36 Å². The number of ether oxygens (including phenoxy) is 1. The fraction of sp³-hybridized carbons (Fsp3) is 0.846. The minimum absolute atomic E-state index is 0.366. The molecule has 5 heteroatoms. The quantitative estimate of drug-likeness (QED) is 0.893. The van der Waals surface area contributed by atoms with Gasteiger partial charge in [-0.05, 0) is 31.2 Å². The van der Waals surface area contributed by atoms with Gasteiger partial charge in [0.05, 0.1) is 6.61 Å². The Morgan fingerprint density at radius 3 is 2.67 bits per heavy atom. The van der Waals surface area contributed by atoms with Crippen molar-refractivity contribution >= 4 is 11.5 Å². The van der Waals surface area contributed by atoms with E-state index in [-0.39, 0.29) is 0 Å². The Kier molecular flexibility index (Phi) is 4.95. The van der Waals surface area contributed by atoms with Crippen LogP contribution in [0.2, 0.25) is 0 Å². The lowest BCUT2D eigenvalue weighted by Gasteiger charge is -2.29. The molecule has 1 saturated carbocycles. The molecular formula is C13H23N3OS. The summed E-state index contributed by atoms with van der Waals surface area (Å²) in [7, 11) is 0. The molecular weight excluding hydrogens is 246 g/mol. The van der Waals surface area contributed by atoms with Crippen molar-refractivity contribution in [3.05, 3.63) is 5.82 Å². The third-order valence-electron chi connectivity index (χ3n) is 3.73. The third-order valence-corrected chi connectivity index (χ3v) is 4.37. The van der Waals surface area contributed by atoms with Crippen LogP contribution in [0, 0.1) is 11.8 Å². The fourth-order valence-corrected chi connectivity index (χ4v) is 3.18. The molecule has 1 fully saturated rings. The lowest BCUT2D eigenvalue weighted by molar-refractivity contribution is 0.153.